The lowest BCUT2D eigenvalue weighted by Crippen LogP contribution is -2.08. The van der Waals surface area contributed by atoms with Gasteiger partial charge in [0.1, 0.15) is 0 Å². The smallest absolute Gasteiger partial charge is 0.0486 e. The quantitative estimate of drug-likeness (QED) is 0.758. The first kappa shape index (κ1) is 12.0. The highest BCUT2D eigenvalue weighted by atomic mass is 15.0. The molecule has 0 unspecified atom stereocenters. The summed E-state index contributed by atoms with van der Waals surface area (Å²) in [5, 5.41) is 1.26. The lowest BCUT2D eigenvalue weighted by molar-refractivity contribution is 0.764. The van der Waals surface area contributed by atoms with Crippen molar-refractivity contribution >= 4 is 10.9 Å². The van der Waals surface area contributed by atoms with Gasteiger partial charge in [-0.3, -0.25) is 0 Å². The molecule has 0 spiro atoms. The minimum atomic E-state index is 0.570. The van der Waals surface area contributed by atoms with Crippen LogP contribution in [0.15, 0.2) is 54.6 Å². The molecule has 0 bridgehead atoms. The number of nitrogens with two attached hydrogens (primary N) is 1. The summed E-state index contributed by atoms with van der Waals surface area (Å²) < 4.78 is 2.32. The van der Waals surface area contributed by atoms with Gasteiger partial charge in [-0.05, 0) is 35.6 Å². The molecule has 2 nitrogen and oxygen atoms in total. The van der Waals surface area contributed by atoms with E-state index in [2.05, 4.69) is 66.1 Å². The van der Waals surface area contributed by atoms with Crippen molar-refractivity contribution in [2.24, 2.45) is 5.73 Å². The first-order chi connectivity index (χ1) is 9.29. The van der Waals surface area contributed by atoms with Gasteiger partial charge in [0.15, 0.2) is 0 Å². The van der Waals surface area contributed by atoms with E-state index in [4.69, 9.17) is 5.73 Å². The Bertz CT molecular complexity index is 710. The largest absolute Gasteiger partial charge is 0.339 e. The van der Waals surface area contributed by atoms with Crippen molar-refractivity contribution < 1.29 is 0 Å². The molecule has 2 heteroatoms. The van der Waals surface area contributed by atoms with Gasteiger partial charge in [-0.25, -0.2) is 0 Å². The SMILES string of the molecule is Cc1ccccc1Cn1c(CN)cc2ccccc21. The molecule has 2 N–H and O–H groups in total. The zero-order valence-corrected chi connectivity index (χ0v) is 11.1. The Morgan fingerprint density at radius 1 is 1.00 bits per heavy atom. The van der Waals surface area contributed by atoms with Crippen LogP contribution in [0.25, 0.3) is 10.9 Å². The number of nitrogens with zero attached hydrogens (tertiary/aromatic N) is 1. The third-order valence-electron chi connectivity index (χ3n) is 3.70. The highest BCUT2D eigenvalue weighted by Gasteiger charge is 2.08. The van der Waals surface area contributed by atoms with E-state index < -0.39 is 0 Å². The van der Waals surface area contributed by atoms with Crippen molar-refractivity contribution in [2.45, 2.75) is 20.0 Å². The van der Waals surface area contributed by atoms with Crippen molar-refractivity contribution in [3.8, 4) is 0 Å². The van der Waals surface area contributed by atoms with Crippen LogP contribution >= 0.6 is 0 Å². The summed E-state index contributed by atoms with van der Waals surface area (Å²) in [6.07, 6.45) is 0. The number of hydrogen-bond donors (Lipinski definition) is 1. The van der Waals surface area contributed by atoms with Crippen LogP contribution in [0, 0.1) is 6.92 Å². The molecule has 0 saturated carbocycles. The summed E-state index contributed by atoms with van der Waals surface area (Å²) in [6.45, 7) is 3.61. The maximum absolute atomic E-state index is 5.89. The van der Waals surface area contributed by atoms with Crippen LogP contribution in [0.2, 0.25) is 0 Å². The molecule has 1 heterocycles. The van der Waals surface area contributed by atoms with E-state index in [1.807, 2.05) is 0 Å². The predicted octanol–water partition coefficient (Wildman–Crippen LogP) is 3.46. The van der Waals surface area contributed by atoms with Gasteiger partial charge < -0.3 is 10.3 Å². The highest BCUT2D eigenvalue weighted by molar-refractivity contribution is 5.81. The van der Waals surface area contributed by atoms with Crippen molar-refractivity contribution in [1.29, 1.82) is 0 Å². The molecule has 3 aromatic rings. The Balaban J connectivity index is 2.12. The van der Waals surface area contributed by atoms with Crippen LogP contribution in [-0.2, 0) is 13.1 Å². The maximum Gasteiger partial charge on any atom is 0.0486 e. The molecule has 2 aromatic carbocycles. The van der Waals surface area contributed by atoms with Crippen molar-refractivity contribution in [2.75, 3.05) is 0 Å². The zero-order valence-electron chi connectivity index (χ0n) is 11.1. The van der Waals surface area contributed by atoms with E-state index in [0.717, 1.165) is 6.54 Å². The molecule has 0 amide bonds. The van der Waals surface area contributed by atoms with Crippen LogP contribution < -0.4 is 5.73 Å². The molecule has 1 aromatic heterocycles. The van der Waals surface area contributed by atoms with Crippen LogP contribution in [-0.4, -0.2) is 4.57 Å². The number of aromatic nitrogens is 1. The highest BCUT2D eigenvalue weighted by Crippen LogP contribution is 2.21. The molecule has 3 rings (SSSR count). The molecule has 19 heavy (non-hydrogen) atoms. The molecule has 0 radical (unpaired) electrons. The number of benzene rings is 2. The van der Waals surface area contributed by atoms with Gasteiger partial charge in [-0.1, -0.05) is 42.5 Å². The number of rotatable bonds is 3. The third kappa shape index (κ3) is 2.15. The van der Waals surface area contributed by atoms with Gasteiger partial charge in [0.25, 0.3) is 0 Å². The monoisotopic (exact) mass is 250 g/mol. The van der Waals surface area contributed by atoms with E-state index in [1.165, 1.54) is 27.7 Å². The van der Waals surface area contributed by atoms with Crippen molar-refractivity contribution in [3.63, 3.8) is 0 Å². The molecule has 0 saturated heterocycles. The van der Waals surface area contributed by atoms with Gasteiger partial charge in [0, 0.05) is 24.3 Å². The second-order valence-electron chi connectivity index (χ2n) is 4.91. The Hall–Kier alpha value is -2.06. The Labute approximate surface area is 113 Å². The molecule has 0 aliphatic heterocycles. The summed E-state index contributed by atoms with van der Waals surface area (Å²) in [6, 6.07) is 19.2. The number of para-hydroxylation sites is 1. The molecular weight excluding hydrogens is 232 g/mol. The second-order valence-corrected chi connectivity index (χ2v) is 4.91. The fraction of sp³-hybridized carbons (Fsp3) is 0.176. The Kier molecular flexibility index (Phi) is 3.10. The van der Waals surface area contributed by atoms with Crippen LogP contribution in [0.5, 0.6) is 0 Å². The van der Waals surface area contributed by atoms with Gasteiger partial charge >= 0.3 is 0 Å². The fourth-order valence-corrected chi connectivity index (χ4v) is 2.58. The second kappa shape index (κ2) is 4.90. The first-order valence-corrected chi connectivity index (χ1v) is 6.61. The Morgan fingerprint density at radius 2 is 1.74 bits per heavy atom. The Morgan fingerprint density at radius 3 is 2.53 bits per heavy atom. The number of hydrogen-bond acceptors (Lipinski definition) is 1. The normalized spacial score (nSPS) is 11.1. The third-order valence-corrected chi connectivity index (χ3v) is 3.70. The fourth-order valence-electron chi connectivity index (χ4n) is 2.58. The van der Waals surface area contributed by atoms with Crippen LogP contribution in [0.1, 0.15) is 16.8 Å². The minimum Gasteiger partial charge on any atom is -0.339 e. The lowest BCUT2D eigenvalue weighted by Gasteiger charge is -2.11. The van der Waals surface area contributed by atoms with E-state index in [0.29, 0.717) is 6.54 Å². The summed E-state index contributed by atoms with van der Waals surface area (Å²) in [4.78, 5) is 0. The molecular formula is C17H18N2. The van der Waals surface area contributed by atoms with Crippen molar-refractivity contribution in [3.05, 3.63) is 71.4 Å². The van der Waals surface area contributed by atoms with Gasteiger partial charge in [-0.2, -0.15) is 0 Å². The minimum absolute atomic E-state index is 0.570. The number of aryl methyl sites for hydroxylation is 1. The molecule has 0 atom stereocenters. The first-order valence-electron chi connectivity index (χ1n) is 6.61. The topological polar surface area (TPSA) is 30.9 Å². The molecule has 96 valence electrons. The summed E-state index contributed by atoms with van der Waals surface area (Å²) in [5.41, 5.74) is 11.0. The summed E-state index contributed by atoms with van der Waals surface area (Å²) in [5.74, 6) is 0. The predicted molar refractivity (Wildman–Crippen MR) is 80.1 cm³/mol. The van der Waals surface area contributed by atoms with Crippen molar-refractivity contribution in [1.82, 2.24) is 4.57 Å². The molecule has 0 fully saturated rings. The standard InChI is InChI=1S/C17H18N2/c1-13-6-2-3-8-15(13)12-19-16(11-18)10-14-7-4-5-9-17(14)19/h2-10H,11-12,18H2,1H3. The van der Waals surface area contributed by atoms with Gasteiger partial charge in [-0.15, -0.1) is 0 Å². The maximum atomic E-state index is 5.89. The average Bonchev–Trinajstić information content (AvgIpc) is 2.79. The molecule has 0 aliphatic carbocycles. The summed E-state index contributed by atoms with van der Waals surface area (Å²) in [7, 11) is 0. The lowest BCUT2D eigenvalue weighted by atomic mass is 10.1. The zero-order chi connectivity index (χ0) is 13.2. The number of fused-ring (bicyclic) bond motifs is 1. The van der Waals surface area contributed by atoms with Gasteiger partial charge in [0.2, 0.25) is 0 Å². The van der Waals surface area contributed by atoms with Crippen LogP contribution in [0.4, 0.5) is 0 Å². The molecule has 0 aliphatic rings. The van der Waals surface area contributed by atoms with E-state index in [1.54, 1.807) is 0 Å². The summed E-state index contributed by atoms with van der Waals surface area (Å²) >= 11 is 0. The van der Waals surface area contributed by atoms with E-state index in [9.17, 15) is 0 Å². The van der Waals surface area contributed by atoms with Crippen LogP contribution in [0.3, 0.4) is 0 Å². The van der Waals surface area contributed by atoms with E-state index >= 15 is 0 Å². The van der Waals surface area contributed by atoms with Gasteiger partial charge in [0.05, 0.1) is 0 Å². The van der Waals surface area contributed by atoms with E-state index in [-0.39, 0.29) is 0 Å². The average molecular weight is 250 g/mol.